The fourth-order valence-corrected chi connectivity index (χ4v) is 2.62. The molecule has 1 amide bonds. The lowest BCUT2D eigenvalue weighted by Gasteiger charge is -2.26. The molecule has 21 heavy (non-hydrogen) atoms. The molecule has 1 saturated heterocycles. The summed E-state index contributed by atoms with van der Waals surface area (Å²) in [7, 11) is 0. The van der Waals surface area contributed by atoms with E-state index in [1.54, 1.807) is 6.92 Å². The second kappa shape index (κ2) is 7.41. The van der Waals surface area contributed by atoms with Crippen LogP contribution >= 0.6 is 0 Å². The first-order chi connectivity index (χ1) is 10.1. The summed E-state index contributed by atoms with van der Waals surface area (Å²) in [6.07, 6.45) is 4.78. The van der Waals surface area contributed by atoms with Crippen LogP contribution in [0.25, 0.3) is 0 Å². The molecule has 0 atom stereocenters. The number of halogens is 1. The van der Waals surface area contributed by atoms with Gasteiger partial charge in [-0.05, 0) is 58.0 Å². The van der Waals surface area contributed by atoms with Crippen LogP contribution in [0.4, 0.5) is 10.1 Å². The molecule has 0 unspecified atom stereocenters. The van der Waals surface area contributed by atoms with Gasteiger partial charge in [-0.1, -0.05) is 6.42 Å². The lowest BCUT2D eigenvalue weighted by Crippen LogP contribution is -2.33. The molecule has 5 heteroatoms. The molecule has 4 nitrogen and oxygen atoms in total. The van der Waals surface area contributed by atoms with Crippen molar-refractivity contribution >= 4 is 11.6 Å². The van der Waals surface area contributed by atoms with Crippen LogP contribution in [0.5, 0.6) is 0 Å². The SMILES string of the molecule is Cc1c(N)cc(C(=O)NCCCN2CCCCC2)cc1F. The van der Waals surface area contributed by atoms with Gasteiger partial charge in [-0.15, -0.1) is 0 Å². The zero-order chi connectivity index (χ0) is 15.2. The summed E-state index contributed by atoms with van der Waals surface area (Å²) in [5.74, 6) is -0.701. The molecule has 3 N–H and O–H groups in total. The van der Waals surface area contributed by atoms with Crippen molar-refractivity contribution in [2.24, 2.45) is 0 Å². The Morgan fingerprint density at radius 3 is 2.71 bits per heavy atom. The van der Waals surface area contributed by atoms with Crippen molar-refractivity contribution in [3.63, 3.8) is 0 Å². The lowest BCUT2D eigenvalue weighted by molar-refractivity contribution is 0.0950. The molecule has 0 saturated carbocycles. The third-order valence-electron chi connectivity index (χ3n) is 4.03. The molecule has 2 rings (SSSR count). The smallest absolute Gasteiger partial charge is 0.251 e. The van der Waals surface area contributed by atoms with Crippen molar-refractivity contribution in [3.8, 4) is 0 Å². The molecular weight excluding hydrogens is 269 g/mol. The molecule has 1 aliphatic rings. The number of anilines is 1. The Kier molecular flexibility index (Phi) is 5.56. The number of hydrogen-bond acceptors (Lipinski definition) is 3. The monoisotopic (exact) mass is 293 g/mol. The Labute approximate surface area is 125 Å². The Hall–Kier alpha value is -1.62. The van der Waals surface area contributed by atoms with E-state index in [4.69, 9.17) is 5.73 Å². The van der Waals surface area contributed by atoms with E-state index in [0.29, 0.717) is 17.8 Å². The van der Waals surface area contributed by atoms with E-state index in [1.165, 1.54) is 31.4 Å². The summed E-state index contributed by atoms with van der Waals surface area (Å²) in [6.45, 7) is 5.53. The number of nitrogen functional groups attached to an aromatic ring is 1. The Morgan fingerprint density at radius 1 is 1.33 bits per heavy atom. The highest BCUT2D eigenvalue weighted by molar-refractivity contribution is 5.95. The summed E-state index contributed by atoms with van der Waals surface area (Å²) in [5, 5.41) is 2.82. The van der Waals surface area contributed by atoms with Gasteiger partial charge in [-0.2, -0.15) is 0 Å². The minimum Gasteiger partial charge on any atom is -0.398 e. The molecule has 1 aromatic rings. The van der Waals surface area contributed by atoms with E-state index >= 15 is 0 Å². The normalized spacial score (nSPS) is 15.9. The highest BCUT2D eigenvalue weighted by Gasteiger charge is 2.12. The van der Waals surface area contributed by atoms with Gasteiger partial charge >= 0.3 is 0 Å². The number of likely N-dealkylation sites (tertiary alicyclic amines) is 1. The Bertz CT molecular complexity index is 475. The molecule has 0 bridgehead atoms. The van der Waals surface area contributed by atoms with Crippen LogP contribution < -0.4 is 11.1 Å². The molecule has 1 fully saturated rings. The standard InChI is InChI=1S/C16H24FN3O/c1-12-14(17)10-13(11-15(12)18)16(21)19-6-5-9-20-7-3-2-4-8-20/h10-11H,2-9,18H2,1H3,(H,19,21). The van der Waals surface area contributed by atoms with Crippen LogP contribution in [0.3, 0.4) is 0 Å². The van der Waals surface area contributed by atoms with Crippen molar-refractivity contribution in [2.45, 2.75) is 32.6 Å². The maximum atomic E-state index is 13.6. The van der Waals surface area contributed by atoms with Gasteiger partial charge in [0.05, 0.1) is 0 Å². The topological polar surface area (TPSA) is 58.4 Å². The van der Waals surface area contributed by atoms with Crippen LogP contribution in [0.1, 0.15) is 41.6 Å². The molecule has 1 aliphatic heterocycles. The van der Waals surface area contributed by atoms with Gasteiger partial charge in [-0.3, -0.25) is 4.79 Å². The number of nitrogens with two attached hydrogens (primary N) is 1. The van der Waals surface area contributed by atoms with Crippen LogP contribution in [0.15, 0.2) is 12.1 Å². The Morgan fingerprint density at radius 2 is 2.05 bits per heavy atom. The average molecular weight is 293 g/mol. The van der Waals surface area contributed by atoms with E-state index in [1.807, 2.05) is 0 Å². The van der Waals surface area contributed by atoms with Crippen LogP contribution in [-0.4, -0.2) is 37.0 Å². The number of carbonyl (C=O) groups is 1. The second-order valence-corrected chi connectivity index (χ2v) is 5.68. The molecular formula is C16H24FN3O. The van der Waals surface area contributed by atoms with Gasteiger partial charge in [0.15, 0.2) is 0 Å². The maximum absolute atomic E-state index is 13.6. The highest BCUT2D eigenvalue weighted by Crippen LogP contribution is 2.17. The fourth-order valence-electron chi connectivity index (χ4n) is 2.62. The van der Waals surface area contributed by atoms with Crippen molar-refractivity contribution in [1.82, 2.24) is 10.2 Å². The van der Waals surface area contributed by atoms with E-state index in [0.717, 1.165) is 26.1 Å². The number of carbonyl (C=O) groups excluding carboxylic acids is 1. The number of benzene rings is 1. The average Bonchev–Trinajstić information content (AvgIpc) is 2.49. The molecule has 0 aromatic heterocycles. The zero-order valence-corrected chi connectivity index (χ0v) is 12.6. The van der Waals surface area contributed by atoms with Crippen LogP contribution in [-0.2, 0) is 0 Å². The van der Waals surface area contributed by atoms with Crippen molar-refractivity contribution in [2.75, 3.05) is 31.9 Å². The molecule has 0 radical (unpaired) electrons. The first kappa shape index (κ1) is 15.8. The van der Waals surface area contributed by atoms with Crippen LogP contribution in [0.2, 0.25) is 0 Å². The molecule has 1 heterocycles. The highest BCUT2D eigenvalue weighted by atomic mass is 19.1. The maximum Gasteiger partial charge on any atom is 0.251 e. The predicted octanol–water partition coefficient (Wildman–Crippen LogP) is 2.32. The fraction of sp³-hybridized carbons (Fsp3) is 0.562. The van der Waals surface area contributed by atoms with Gasteiger partial charge in [-0.25, -0.2) is 4.39 Å². The van der Waals surface area contributed by atoms with E-state index in [-0.39, 0.29) is 11.5 Å². The third kappa shape index (κ3) is 4.43. The number of nitrogens with one attached hydrogen (secondary N) is 1. The Balaban J connectivity index is 1.76. The molecule has 0 aliphatic carbocycles. The number of piperidine rings is 1. The minimum absolute atomic E-state index is 0.265. The number of nitrogens with zero attached hydrogens (tertiary/aromatic N) is 1. The minimum atomic E-state index is -0.437. The van der Waals surface area contributed by atoms with Crippen molar-refractivity contribution < 1.29 is 9.18 Å². The number of hydrogen-bond donors (Lipinski definition) is 2. The quantitative estimate of drug-likeness (QED) is 0.647. The largest absolute Gasteiger partial charge is 0.398 e. The van der Waals surface area contributed by atoms with Crippen molar-refractivity contribution in [3.05, 3.63) is 29.1 Å². The van der Waals surface area contributed by atoms with Gasteiger partial charge in [0.2, 0.25) is 0 Å². The van der Waals surface area contributed by atoms with Crippen molar-refractivity contribution in [1.29, 1.82) is 0 Å². The number of amides is 1. The summed E-state index contributed by atoms with van der Waals surface area (Å²) in [4.78, 5) is 14.4. The predicted molar refractivity (Wildman–Crippen MR) is 82.8 cm³/mol. The lowest BCUT2D eigenvalue weighted by atomic mass is 10.1. The summed E-state index contributed by atoms with van der Waals surface area (Å²) < 4.78 is 13.6. The first-order valence-corrected chi connectivity index (χ1v) is 7.64. The van der Waals surface area contributed by atoms with E-state index in [9.17, 15) is 9.18 Å². The summed E-state index contributed by atoms with van der Waals surface area (Å²) >= 11 is 0. The summed E-state index contributed by atoms with van der Waals surface area (Å²) in [6, 6.07) is 2.77. The van der Waals surface area contributed by atoms with Gasteiger partial charge in [0.25, 0.3) is 5.91 Å². The van der Waals surface area contributed by atoms with Gasteiger partial charge in [0.1, 0.15) is 5.82 Å². The van der Waals surface area contributed by atoms with E-state index in [2.05, 4.69) is 10.2 Å². The zero-order valence-electron chi connectivity index (χ0n) is 12.6. The third-order valence-corrected chi connectivity index (χ3v) is 4.03. The molecule has 0 spiro atoms. The molecule has 116 valence electrons. The first-order valence-electron chi connectivity index (χ1n) is 7.64. The van der Waals surface area contributed by atoms with E-state index < -0.39 is 5.82 Å². The molecule has 1 aromatic carbocycles. The van der Waals surface area contributed by atoms with Gasteiger partial charge < -0.3 is 16.0 Å². The summed E-state index contributed by atoms with van der Waals surface area (Å²) in [5.41, 5.74) is 6.67. The van der Waals surface area contributed by atoms with Crippen LogP contribution in [0, 0.1) is 12.7 Å². The second-order valence-electron chi connectivity index (χ2n) is 5.68. The van der Waals surface area contributed by atoms with Gasteiger partial charge in [0, 0.05) is 23.4 Å². The number of rotatable bonds is 5.